The molecule has 0 saturated heterocycles. The number of hydrogen-bond acceptors (Lipinski definition) is 4. The maximum atomic E-state index is 13.2. The van der Waals surface area contributed by atoms with Crippen LogP contribution in [0.5, 0.6) is 0 Å². The average molecular weight is 381 g/mol. The smallest absolute Gasteiger partial charge is 0.308 e. The first-order valence-electron chi connectivity index (χ1n) is 7.98. The van der Waals surface area contributed by atoms with E-state index in [1.54, 1.807) is 32.0 Å². The molecule has 0 saturated carbocycles. The van der Waals surface area contributed by atoms with Crippen LogP contribution < -0.4 is 11.1 Å². The topological polar surface area (TPSA) is 81.4 Å². The van der Waals surface area contributed by atoms with Crippen molar-refractivity contribution >= 4 is 30.0 Å². The minimum atomic E-state index is -0.631. The first-order chi connectivity index (χ1) is 11.9. The first kappa shape index (κ1) is 21.4. The Balaban J connectivity index is 0.00000338. The quantitative estimate of drug-likeness (QED) is 0.593. The van der Waals surface area contributed by atoms with Gasteiger partial charge >= 0.3 is 5.97 Å². The summed E-state index contributed by atoms with van der Waals surface area (Å²) in [5.41, 5.74) is 8.03. The number of carbonyl (C=O) groups is 2. The van der Waals surface area contributed by atoms with Gasteiger partial charge in [0.1, 0.15) is 5.82 Å². The Hall–Kier alpha value is -2.60. The molecule has 0 aromatic heterocycles. The maximum Gasteiger partial charge on any atom is 0.308 e. The number of esters is 1. The minimum Gasteiger partial charge on any atom is -0.466 e. The van der Waals surface area contributed by atoms with Crippen LogP contribution in [-0.4, -0.2) is 18.5 Å². The lowest BCUT2D eigenvalue weighted by molar-refractivity contribution is -0.143. The van der Waals surface area contributed by atoms with Gasteiger partial charge in [-0.25, -0.2) is 4.39 Å². The number of rotatable bonds is 6. The molecule has 140 valence electrons. The predicted molar refractivity (Wildman–Crippen MR) is 101 cm³/mol. The van der Waals surface area contributed by atoms with Crippen molar-refractivity contribution in [3.63, 3.8) is 0 Å². The van der Waals surface area contributed by atoms with Gasteiger partial charge in [0.2, 0.25) is 0 Å². The van der Waals surface area contributed by atoms with Gasteiger partial charge in [0.25, 0.3) is 5.91 Å². The Bertz CT molecular complexity index is 766. The van der Waals surface area contributed by atoms with Crippen LogP contribution in [-0.2, 0) is 9.53 Å². The zero-order valence-electron chi connectivity index (χ0n) is 14.6. The number of carbonyl (C=O) groups excluding carboxylic acids is 2. The summed E-state index contributed by atoms with van der Waals surface area (Å²) in [5.74, 6) is -1.19. The highest BCUT2D eigenvalue weighted by Gasteiger charge is 2.21. The molecule has 1 atom stereocenters. The summed E-state index contributed by atoms with van der Waals surface area (Å²) in [6.07, 6.45) is -0.0490. The van der Waals surface area contributed by atoms with Crippen molar-refractivity contribution in [3.05, 3.63) is 65.0 Å². The number of halogens is 2. The molecule has 26 heavy (non-hydrogen) atoms. The van der Waals surface area contributed by atoms with Crippen LogP contribution in [0.25, 0.3) is 0 Å². The van der Waals surface area contributed by atoms with Gasteiger partial charge in [-0.05, 0) is 49.2 Å². The van der Waals surface area contributed by atoms with Crippen LogP contribution in [0.2, 0.25) is 0 Å². The average Bonchev–Trinajstić information content (AvgIpc) is 2.57. The molecule has 0 bridgehead atoms. The Morgan fingerprint density at radius 3 is 2.46 bits per heavy atom. The fourth-order valence-electron chi connectivity index (χ4n) is 2.45. The van der Waals surface area contributed by atoms with Crippen molar-refractivity contribution in [3.8, 4) is 0 Å². The monoisotopic (exact) mass is 380 g/mol. The second-order valence-electron chi connectivity index (χ2n) is 5.66. The van der Waals surface area contributed by atoms with E-state index >= 15 is 0 Å². The molecule has 7 heteroatoms. The summed E-state index contributed by atoms with van der Waals surface area (Å²) in [6.45, 7) is 3.75. The van der Waals surface area contributed by atoms with Gasteiger partial charge in [0.15, 0.2) is 0 Å². The molecule has 2 aromatic carbocycles. The Kier molecular flexibility index (Phi) is 8.06. The van der Waals surface area contributed by atoms with Gasteiger partial charge in [-0.15, -0.1) is 12.4 Å². The molecule has 3 N–H and O–H groups in total. The van der Waals surface area contributed by atoms with Crippen molar-refractivity contribution in [1.82, 2.24) is 5.32 Å². The summed E-state index contributed by atoms with van der Waals surface area (Å²) >= 11 is 0. The first-order valence-corrected chi connectivity index (χ1v) is 7.98. The molecular weight excluding hydrogens is 359 g/mol. The molecular formula is C19H22ClFN2O3. The lowest BCUT2D eigenvalue weighted by Crippen LogP contribution is -2.31. The van der Waals surface area contributed by atoms with E-state index in [1.807, 2.05) is 0 Å². The molecule has 0 spiro atoms. The van der Waals surface area contributed by atoms with Crippen LogP contribution in [0.4, 0.5) is 10.1 Å². The number of nitrogens with two attached hydrogens (primary N) is 1. The highest BCUT2D eigenvalue weighted by Crippen LogP contribution is 2.20. The number of nitrogen functional groups attached to an aromatic ring is 1. The molecule has 0 aliphatic heterocycles. The van der Waals surface area contributed by atoms with Gasteiger partial charge in [0, 0.05) is 11.3 Å². The second-order valence-corrected chi connectivity index (χ2v) is 5.66. The van der Waals surface area contributed by atoms with Crippen LogP contribution in [0.1, 0.15) is 40.9 Å². The Morgan fingerprint density at radius 2 is 1.85 bits per heavy atom. The third kappa shape index (κ3) is 5.74. The van der Waals surface area contributed by atoms with Crippen molar-refractivity contribution in [1.29, 1.82) is 0 Å². The number of aryl methyl sites for hydroxylation is 1. The van der Waals surface area contributed by atoms with Crippen LogP contribution >= 0.6 is 12.4 Å². The fourth-order valence-corrected chi connectivity index (χ4v) is 2.45. The molecule has 0 fully saturated rings. The third-order valence-electron chi connectivity index (χ3n) is 3.76. The van der Waals surface area contributed by atoms with E-state index in [1.165, 1.54) is 24.3 Å². The van der Waals surface area contributed by atoms with Crippen molar-refractivity contribution < 1.29 is 18.7 Å². The number of ether oxygens (including phenoxy) is 1. The highest BCUT2D eigenvalue weighted by molar-refractivity contribution is 5.97. The zero-order chi connectivity index (χ0) is 18.4. The number of benzene rings is 2. The molecule has 0 aliphatic rings. The van der Waals surface area contributed by atoms with E-state index in [0.717, 1.165) is 5.56 Å². The van der Waals surface area contributed by atoms with E-state index in [4.69, 9.17) is 10.5 Å². The molecule has 2 rings (SSSR count). The van der Waals surface area contributed by atoms with Gasteiger partial charge in [-0.3, -0.25) is 9.59 Å². The molecule has 0 heterocycles. The standard InChI is InChI=1S/C19H21FN2O3.ClH/c1-3-25-18(23)11-17(13-5-7-14(20)8-6-13)22-19(24)16-10-15(21)9-4-12(16)2;/h4-10,17H,3,11,21H2,1-2H3,(H,22,24);1H. The summed E-state index contributed by atoms with van der Waals surface area (Å²) in [6, 6.07) is 10.0. The predicted octanol–water partition coefficient (Wildman–Crippen LogP) is 3.56. The number of hydrogen-bond donors (Lipinski definition) is 2. The fraction of sp³-hybridized carbons (Fsp3) is 0.263. The molecule has 0 aliphatic carbocycles. The molecule has 5 nitrogen and oxygen atoms in total. The lowest BCUT2D eigenvalue weighted by Gasteiger charge is -2.19. The Morgan fingerprint density at radius 1 is 1.19 bits per heavy atom. The van der Waals surface area contributed by atoms with E-state index in [-0.39, 0.29) is 31.3 Å². The summed E-state index contributed by atoms with van der Waals surface area (Å²) < 4.78 is 18.1. The second kappa shape index (κ2) is 9.77. The van der Waals surface area contributed by atoms with Gasteiger partial charge < -0.3 is 15.8 Å². The van der Waals surface area contributed by atoms with E-state index in [9.17, 15) is 14.0 Å². The SMILES string of the molecule is CCOC(=O)CC(NC(=O)c1cc(N)ccc1C)c1ccc(F)cc1.Cl. The largest absolute Gasteiger partial charge is 0.466 e. The van der Waals surface area contributed by atoms with Crippen LogP contribution in [0.3, 0.4) is 0 Å². The van der Waals surface area contributed by atoms with E-state index < -0.39 is 17.8 Å². The number of anilines is 1. The normalized spacial score (nSPS) is 11.2. The minimum absolute atomic E-state index is 0. The van der Waals surface area contributed by atoms with Crippen molar-refractivity contribution in [2.45, 2.75) is 26.3 Å². The van der Waals surface area contributed by atoms with E-state index in [0.29, 0.717) is 16.8 Å². The summed E-state index contributed by atoms with van der Waals surface area (Å²) in [5, 5.41) is 2.81. The molecule has 2 aromatic rings. The van der Waals surface area contributed by atoms with Gasteiger partial charge in [-0.2, -0.15) is 0 Å². The van der Waals surface area contributed by atoms with E-state index in [2.05, 4.69) is 5.32 Å². The zero-order valence-corrected chi connectivity index (χ0v) is 15.4. The summed E-state index contributed by atoms with van der Waals surface area (Å²) in [7, 11) is 0. The Labute approximate surface area is 158 Å². The van der Waals surface area contributed by atoms with Gasteiger partial charge in [0.05, 0.1) is 19.1 Å². The molecule has 0 radical (unpaired) electrons. The summed E-state index contributed by atoms with van der Waals surface area (Å²) in [4.78, 5) is 24.5. The number of nitrogens with one attached hydrogen (secondary N) is 1. The molecule has 1 unspecified atom stereocenters. The highest BCUT2D eigenvalue weighted by atomic mass is 35.5. The molecule has 1 amide bonds. The van der Waals surface area contributed by atoms with Crippen molar-refractivity contribution in [2.24, 2.45) is 0 Å². The van der Waals surface area contributed by atoms with Crippen molar-refractivity contribution in [2.75, 3.05) is 12.3 Å². The van der Waals surface area contributed by atoms with Crippen LogP contribution in [0, 0.1) is 12.7 Å². The van der Waals surface area contributed by atoms with Gasteiger partial charge in [-0.1, -0.05) is 18.2 Å². The van der Waals surface area contributed by atoms with Crippen LogP contribution in [0.15, 0.2) is 42.5 Å². The lowest BCUT2D eigenvalue weighted by atomic mass is 10.0. The maximum absolute atomic E-state index is 13.2. The third-order valence-corrected chi connectivity index (χ3v) is 3.76. The number of amides is 1.